The van der Waals surface area contributed by atoms with Gasteiger partial charge in [0.25, 0.3) is 11.6 Å². The lowest BCUT2D eigenvalue weighted by Crippen LogP contribution is -2.25. The SMILES string of the molecule is COc1ccc(NC(=O)CSc2nnc(CNC(=O)c3cccc([N+](=O)[O-])c3C)n2-c2ccc(Cl)c(Cl)c2)cc1. The third kappa shape index (κ3) is 6.71. The number of hydrogen-bond acceptors (Lipinski definition) is 8. The summed E-state index contributed by atoms with van der Waals surface area (Å²) in [6, 6.07) is 16.1. The van der Waals surface area contributed by atoms with Crippen LogP contribution in [0.3, 0.4) is 0 Å². The number of nitrogens with one attached hydrogen (secondary N) is 2. The zero-order valence-corrected chi connectivity index (χ0v) is 23.5. The van der Waals surface area contributed by atoms with Gasteiger partial charge in [-0.3, -0.25) is 24.3 Å². The minimum Gasteiger partial charge on any atom is -0.497 e. The summed E-state index contributed by atoms with van der Waals surface area (Å²) in [7, 11) is 1.56. The summed E-state index contributed by atoms with van der Waals surface area (Å²) in [6.45, 7) is 1.45. The molecule has 206 valence electrons. The van der Waals surface area contributed by atoms with Gasteiger partial charge in [0.15, 0.2) is 11.0 Å². The second-order valence-electron chi connectivity index (χ2n) is 8.29. The molecule has 0 aliphatic heterocycles. The van der Waals surface area contributed by atoms with Gasteiger partial charge in [0, 0.05) is 22.9 Å². The average molecular weight is 601 g/mol. The second kappa shape index (κ2) is 12.8. The van der Waals surface area contributed by atoms with Crippen molar-refractivity contribution in [2.75, 3.05) is 18.2 Å². The third-order valence-corrected chi connectivity index (χ3v) is 7.39. The Labute approximate surface area is 243 Å². The number of methoxy groups -OCH3 is 1. The van der Waals surface area contributed by atoms with E-state index in [1.54, 1.807) is 54.1 Å². The number of anilines is 1. The standard InChI is InChI=1S/C26H22Cl2N6O5S/c1-15-19(4-3-5-22(15)34(37)38)25(36)29-13-23-31-32-26(33(23)17-8-11-20(27)21(28)12-17)40-14-24(35)30-16-6-9-18(39-2)10-7-16/h3-12H,13-14H2,1-2H3,(H,29,36)(H,30,35). The Morgan fingerprint density at radius 1 is 1.07 bits per heavy atom. The molecule has 4 aromatic rings. The molecule has 11 nitrogen and oxygen atoms in total. The van der Waals surface area contributed by atoms with Crippen molar-refractivity contribution in [1.82, 2.24) is 20.1 Å². The number of aromatic nitrogens is 3. The summed E-state index contributed by atoms with van der Waals surface area (Å²) in [6.07, 6.45) is 0. The zero-order chi connectivity index (χ0) is 28.8. The summed E-state index contributed by atoms with van der Waals surface area (Å²) in [5.74, 6) is 0.244. The number of benzene rings is 3. The van der Waals surface area contributed by atoms with E-state index in [4.69, 9.17) is 27.9 Å². The number of thioether (sulfide) groups is 1. The summed E-state index contributed by atoms with van der Waals surface area (Å²) >= 11 is 13.5. The Kier molecular flexibility index (Phi) is 9.25. The first-order valence-corrected chi connectivity index (χ1v) is 13.4. The highest BCUT2D eigenvalue weighted by Crippen LogP contribution is 2.29. The quantitative estimate of drug-likeness (QED) is 0.139. The fraction of sp³-hybridized carbons (Fsp3) is 0.154. The first-order chi connectivity index (χ1) is 19.2. The Hall–Kier alpha value is -4.13. The number of carbonyl (C=O) groups excluding carboxylic acids is 2. The molecular weight excluding hydrogens is 579 g/mol. The van der Waals surface area contributed by atoms with Gasteiger partial charge in [-0.25, -0.2) is 0 Å². The Balaban J connectivity index is 1.54. The number of nitro benzene ring substituents is 1. The lowest BCUT2D eigenvalue weighted by atomic mass is 10.1. The molecule has 0 bridgehead atoms. The van der Waals surface area contributed by atoms with Crippen LogP contribution < -0.4 is 15.4 Å². The molecule has 0 aliphatic carbocycles. The maximum atomic E-state index is 12.9. The molecule has 0 fully saturated rings. The van der Waals surface area contributed by atoms with E-state index in [1.165, 1.54) is 25.1 Å². The summed E-state index contributed by atoms with van der Waals surface area (Å²) < 4.78 is 6.77. The molecule has 0 saturated heterocycles. The molecule has 0 atom stereocenters. The number of halogens is 2. The summed E-state index contributed by atoms with van der Waals surface area (Å²) in [4.78, 5) is 36.2. The first-order valence-electron chi connectivity index (χ1n) is 11.7. The van der Waals surface area contributed by atoms with Gasteiger partial charge >= 0.3 is 0 Å². The molecule has 1 aromatic heterocycles. The molecule has 4 rings (SSSR count). The van der Waals surface area contributed by atoms with Gasteiger partial charge in [-0.15, -0.1) is 10.2 Å². The molecule has 14 heteroatoms. The van der Waals surface area contributed by atoms with E-state index in [0.29, 0.717) is 38.2 Å². The fourth-order valence-corrected chi connectivity index (χ4v) is 4.78. The molecule has 0 aliphatic rings. The lowest BCUT2D eigenvalue weighted by Gasteiger charge is -2.12. The smallest absolute Gasteiger partial charge is 0.273 e. The molecular formula is C26H22Cl2N6O5S. The van der Waals surface area contributed by atoms with Crippen LogP contribution in [0.1, 0.15) is 21.7 Å². The van der Waals surface area contributed by atoms with Crippen LogP contribution in [0.4, 0.5) is 11.4 Å². The molecule has 0 unspecified atom stereocenters. The molecule has 1 heterocycles. The number of carbonyl (C=O) groups is 2. The van der Waals surface area contributed by atoms with Gasteiger partial charge in [-0.2, -0.15) is 0 Å². The van der Waals surface area contributed by atoms with Crippen LogP contribution in [0.2, 0.25) is 10.0 Å². The molecule has 0 spiro atoms. The van der Waals surface area contributed by atoms with Crippen LogP contribution >= 0.6 is 35.0 Å². The molecule has 0 radical (unpaired) electrons. The van der Waals surface area contributed by atoms with Crippen molar-refractivity contribution in [3.63, 3.8) is 0 Å². The highest BCUT2D eigenvalue weighted by Gasteiger charge is 2.21. The number of ether oxygens (including phenoxy) is 1. The largest absolute Gasteiger partial charge is 0.497 e. The van der Waals surface area contributed by atoms with Gasteiger partial charge in [0.2, 0.25) is 5.91 Å². The Bertz CT molecular complexity index is 1580. The molecule has 40 heavy (non-hydrogen) atoms. The van der Waals surface area contributed by atoms with E-state index >= 15 is 0 Å². The monoisotopic (exact) mass is 600 g/mol. The van der Waals surface area contributed by atoms with Gasteiger partial charge in [-0.05, 0) is 55.5 Å². The number of amides is 2. The number of nitro groups is 1. The van der Waals surface area contributed by atoms with Crippen molar-refractivity contribution in [2.24, 2.45) is 0 Å². The van der Waals surface area contributed by atoms with Crippen LogP contribution in [-0.4, -0.2) is 44.4 Å². The van der Waals surface area contributed by atoms with Crippen molar-refractivity contribution in [3.8, 4) is 11.4 Å². The molecule has 2 amide bonds. The van der Waals surface area contributed by atoms with Crippen molar-refractivity contribution in [3.05, 3.63) is 97.8 Å². The van der Waals surface area contributed by atoms with E-state index in [9.17, 15) is 19.7 Å². The van der Waals surface area contributed by atoms with Gasteiger partial charge in [-0.1, -0.05) is 41.0 Å². The fourth-order valence-electron chi connectivity index (χ4n) is 3.72. The van der Waals surface area contributed by atoms with Crippen molar-refractivity contribution >= 4 is 58.2 Å². The molecule has 0 saturated carbocycles. The van der Waals surface area contributed by atoms with Crippen molar-refractivity contribution < 1.29 is 19.2 Å². The number of hydrogen-bond donors (Lipinski definition) is 2. The van der Waals surface area contributed by atoms with E-state index in [-0.39, 0.29) is 35.0 Å². The average Bonchev–Trinajstić information content (AvgIpc) is 3.35. The van der Waals surface area contributed by atoms with E-state index in [0.717, 1.165) is 11.8 Å². The zero-order valence-electron chi connectivity index (χ0n) is 21.2. The summed E-state index contributed by atoms with van der Waals surface area (Å²) in [5, 5.41) is 26.2. The normalized spacial score (nSPS) is 10.7. The minimum absolute atomic E-state index is 0.0186. The van der Waals surface area contributed by atoms with Gasteiger partial charge in [0.1, 0.15) is 5.75 Å². The highest BCUT2D eigenvalue weighted by atomic mass is 35.5. The van der Waals surface area contributed by atoms with Crippen LogP contribution in [-0.2, 0) is 11.3 Å². The topological polar surface area (TPSA) is 141 Å². The van der Waals surface area contributed by atoms with E-state index < -0.39 is 10.8 Å². The molecule has 3 aromatic carbocycles. The van der Waals surface area contributed by atoms with Crippen LogP contribution in [0.25, 0.3) is 5.69 Å². The van der Waals surface area contributed by atoms with Crippen LogP contribution in [0.15, 0.2) is 65.8 Å². The minimum atomic E-state index is -0.540. The van der Waals surface area contributed by atoms with Crippen LogP contribution in [0.5, 0.6) is 5.75 Å². The third-order valence-electron chi connectivity index (χ3n) is 5.72. The lowest BCUT2D eigenvalue weighted by molar-refractivity contribution is -0.385. The highest BCUT2D eigenvalue weighted by molar-refractivity contribution is 7.99. The van der Waals surface area contributed by atoms with Crippen molar-refractivity contribution in [2.45, 2.75) is 18.6 Å². The maximum Gasteiger partial charge on any atom is 0.273 e. The maximum absolute atomic E-state index is 12.9. The van der Waals surface area contributed by atoms with Gasteiger partial charge in [0.05, 0.1) is 40.1 Å². The Morgan fingerprint density at radius 3 is 2.50 bits per heavy atom. The number of rotatable bonds is 10. The molecule has 2 N–H and O–H groups in total. The number of nitrogens with zero attached hydrogens (tertiary/aromatic N) is 4. The van der Waals surface area contributed by atoms with Gasteiger partial charge < -0.3 is 15.4 Å². The summed E-state index contributed by atoms with van der Waals surface area (Å²) in [5.41, 5.74) is 1.43. The second-order valence-corrected chi connectivity index (χ2v) is 10.0. The predicted octanol–water partition coefficient (Wildman–Crippen LogP) is 5.46. The Morgan fingerprint density at radius 2 is 1.82 bits per heavy atom. The van der Waals surface area contributed by atoms with E-state index in [2.05, 4.69) is 20.8 Å². The van der Waals surface area contributed by atoms with E-state index in [1.807, 2.05) is 0 Å². The predicted molar refractivity (Wildman–Crippen MR) is 153 cm³/mol. The van der Waals surface area contributed by atoms with Crippen molar-refractivity contribution in [1.29, 1.82) is 0 Å². The van der Waals surface area contributed by atoms with Crippen LogP contribution in [0, 0.1) is 17.0 Å². The first kappa shape index (κ1) is 28.9.